The molecule has 0 aliphatic heterocycles. The second-order valence-corrected chi connectivity index (χ2v) is 3.70. The summed E-state index contributed by atoms with van der Waals surface area (Å²) in [6, 6.07) is 0. The summed E-state index contributed by atoms with van der Waals surface area (Å²) in [6.45, 7) is 4.08. The van der Waals surface area contributed by atoms with Crippen LogP contribution in [0.15, 0.2) is 0 Å². The van der Waals surface area contributed by atoms with Crippen LogP contribution >= 0.6 is 0 Å². The molecule has 0 saturated heterocycles. The van der Waals surface area contributed by atoms with E-state index in [-0.39, 0.29) is 5.91 Å². The highest BCUT2D eigenvalue weighted by Gasteiger charge is 2.02. The molecule has 0 aliphatic rings. The first-order chi connectivity index (χ1) is 7.20. The molecule has 0 heterocycles. The summed E-state index contributed by atoms with van der Waals surface area (Å²) in [4.78, 5) is 23.3. The smallest absolute Gasteiger partial charge is 0.234 e. The Morgan fingerprint density at radius 1 is 1.33 bits per heavy atom. The minimum Gasteiger partial charge on any atom is -0.355 e. The van der Waals surface area contributed by atoms with Gasteiger partial charge >= 0.3 is 0 Å². The summed E-state index contributed by atoms with van der Waals surface area (Å²) >= 11 is 0. The molecule has 1 amide bonds. The molecular weight excluding hydrogens is 192 g/mol. The molecule has 0 fully saturated rings. The maximum atomic E-state index is 11.3. The predicted octanol–water partition coefficient (Wildman–Crippen LogP) is 0.814. The van der Waals surface area contributed by atoms with Crippen molar-refractivity contribution in [2.24, 2.45) is 0 Å². The number of nitrogens with zero attached hydrogens (tertiary/aromatic N) is 1. The normalized spacial score (nSPS) is 10.3. The maximum Gasteiger partial charge on any atom is 0.234 e. The zero-order valence-corrected chi connectivity index (χ0v) is 9.79. The van der Waals surface area contributed by atoms with Gasteiger partial charge in [0.25, 0.3) is 0 Å². The third kappa shape index (κ3) is 9.41. The van der Waals surface area contributed by atoms with Gasteiger partial charge in [-0.05, 0) is 26.4 Å². The van der Waals surface area contributed by atoms with Gasteiger partial charge in [-0.25, -0.2) is 0 Å². The lowest BCUT2D eigenvalue weighted by atomic mass is 10.2. The largest absolute Gasteiger partial charge is 0.355 e. The molecule has 15 heavy (non-hydrogen) atoms. The molecular formula is C11H22N2O2. The molecule has 0 aromatic rings. The van der Waals surface area contributed by atoms with Crippen LogP contribution < -0.4 is 5.32 Å². The third-order valence-electron chi connectivity index (χ3n) is 2.27. The van der Waals surface area contributed by atoms with E-state index in [1.54, 1.807) is 0 Å². The van der Waals surface area contributed by atoms with Gasteiger partial charge in [-0.1, -0.05) is 13.3 Å². The quantitative estimate of drug-likeness (QED) is 0.456. The van der Waals surface area contributed by atoms with Gasteiger partial charge in [0.15, 0.2) is 0 Å². The topological polar surface area (TPSA) is 49.4 Å². The van der Waals surface area contributed by atoms with Crippen LogP contribution in [0.5, 0.6) is 0 Å². The van der Waals surface area contributed by atoms with Crippen LogP contribution in [0, 0.1) is 0 Å². The molecule has 0 aliphatic carbocycles. The van der Waals surface area contributed by atoms with E-state index >= 15 is 0 Å². The Labute approximate surface area is 92.0 Å². The molecule has 0 aromatic heterocycles. The lowest BCUT2D eigenvalue weighted by molar-refractivity contribution is -0.121. The van der Waals surface area contributed by atoms with Gasteiger partial charge in [-0.2, -0.15) is 0 Å². The lowest BCUT2D eigenvalue weighted by Crippen LogP contribution is -2.35. The van der Waals surface area contributed by atoms with Crippen LogP contribution in [0.2, 0.25) is 0 Å². The Morgan fingerprint density at radius 2 is 2.07 bits per heavy atom. The van der Waals surface area contributed by atoms with Crippen molar-refractivity contribution < 1.29 is 9.59 Å². The van der Waals surface area contributed by atoms with E-state index in [0.29, 0.717) is 13.0 Å². The van der Waals surface area contributed by atoms with E-state index in [1.165, 1.54) is 0 Å². The van der Waals surface area contributed by atoms with Crippen LogP contribution in [0.4, 0.5) is 0 Å². The Bertz CT molecular complexity index is 183. The van der Waals surface area contributed by atoms with Crippen LogP contribution in [0.25, 0.3) is 0 Å². The summed E-state index contributed by atoms with van der Waals surface area (Å²) in [5.41, 5.74) is 0. The fourth-order valence-corrected chi connectivity index (χ4v) is 1.17. The number of carbonyl (C=O) groups excluding carboxylic acids is 2. The van der Waals surface area contributed by atoms with Crippen molar-refractivity contribution in [2.45, 2.75) is 32.6 Å². The molecule has 0 spiro atoms. The summed E-state index contributed by atoms with van der Waals surface area (Å²) in [6.07, 6.45) is 4.45. The highest BCUT2D eigenvalue weighted by atomic mass is 16.2. The number of hydrogen-bond donors (Lipinski definition) is 1. The molecule has 4 heteroatoms. The molecule has 88 valence electrons. The van der Waals surface area contributed by atoms with Gasteiger partial charge in [-0.3, -0.25) is 9.69 Å². The minimum atomic E-state index is 0.0785. The first-order valence-corrected chi connectivity index (χ1v) is 5.59. The van der Waals surface area contributed by atoms with Crippen molar-refractivity contribution in [3.05, 3.63) is 0 Å². The SMILES string of the molecule is CCN(C)CC(=O)NCCCCCC=O. The van der Waals surface area contributed by atoms with Gasteiger partial charge in [0.2, 0.25) is 5.91 Å². The van der Waals surface area contributed by atoms with Crippen molar-refractivity contribution in [1.29, 1.82) is 0 Å². The Hall–Kier alpha value is -0.900. The second-order valence-electron chi connectivity index (χ2n) is 3.70. The molecule has 0 aromatic carbocycles. The van der Waals surface area contributed by atoms with E-state index in [0.717, 1.165) is 38.6 Å². The van der Waals surface area contributed by atoms with Crippen LogP contribution in [0.1, 0.15) is 32.6 Å². The molecule has 0 atom stereocenters. The Balaban J connectivity index is 3.27. The first kappa shape index (κ1) is 14.1. The summed E-state index contributed by atoms with van der Waals surface area (Å²) in [5.74, 6) is 0.0785. The molecule has 0 bridgehead atoms. The number of likely N-dealkylation sites (N-methyl/N-ethyl adjacent to an activating group) is 1. The number of amides is 1. The van der Waals surface area contributed by atoms with Crippen molar-refractivity contribution in [3.8, 4) is 0 Å². The van der Waals surface area contributed by atoms with E-state index in [1.807, 2.05) is 18.9 Å². The molecule has 0 saturated carbocycles. The molecule has 0 rings (SSSR count). The van der Waals surface area contributed by atoms with Crippen LogP contribution in [0.3, 0.4) is 0 Å². The molecule has 0 unspecified atom stereocenters. The number of nitrogens with one attached hydrogen (secondary N) is 1. The van der Waals surface area contributed by atoms with Gasteiger partial charge in [0, 0.05) is 13.0 Å². The number of unbranched alkanes of at least 4 members (excludes halogenated alkanes) is 3. The molecule has 0 radical (unpaired) electrons. The lowest BCUT2D eigenvalue weighted by Gasteiger charge is -2.13. The second kappa shape index (κ2) is 9.65. The van der Waals surface area contributed by atoms with E-state index in [2.05, 4.69) is 5.32 Å². The van der Waals surface area contributed by atoms with Gasteiger partial charge in [-0.15, -0.1) is 0 Å². The van der Waals surface area contributed by atoms with Gasteiger partial charge in [0.05, 0.1) is 6.54 Å². The Morgan fingerprint density at radius 3 is 2.67 bits per heavy atom. The van der Waals surface area contributed by atoms with Gasteiger partial charge in [0.1, 0.15) is 6.29 Å². The van der Waals surface area contributed by atoms with Crippen LogP contribution in [-0.4, -0.2) is 43.8 Å². The van der Waals surface area contributed by atoms with E-state index < -0.39 is 0 Å². The predicted molar refractivity (Wildman–Crippen MR) is 60.7 cm³/mol. The van der Waals surface area contributed by atoms with Crippen molar-refractivity contribution >= 4 is 12.2 Å². The fourth-order valence-electron chi connectivity index (χ4n) is 1.17. The minimum absolute atomic E-state index is 0.0785. The summed E-state index contributed by atoms with van der Waals surface area (Å²) in [7, 11) is 1.92. The highest BCUT2D eigenvalue weighted by molar-refractivity contribution is 5.77. The summed E-state index contributed by atoms with van der Waals surface area (Å²) < 4.78 is 0. The van der Waals surface area contributed by atoms with E-state index in [9.17, 15) is 9.59 Å². The number of hydrogen-bond acceptors (Lipinski definition) is 3. The number of aldehydes is 1. The van der Waals surface area contributed by atoms with E-state index in [4.69, 9.17) is 0 Å². The molecule has 1 N–H and O–H groups in total. The zero-order chi connectivity index (χ0) is 11.5. The maximum absolute atomic E-state index is 11.3. The highest BCUT2D eigenvalue weighted by Crippen LogP contribution is 1.96. The monoisotopic (exact) mass is 214 g/mol. The van der Waals surface area contributed by atoms with Gasteiger partial charge < -0.3 is 10.1 Å². The standard InChI is InChI=1S/C11H22N2O2/c1-3-13(2)10-11(15)12-8-6-4-5-7-9-14/h9H,3-8,10H2,1-2H3,(H,12,15). The first-order valence-electron chi connectivity index (χ1n) is 5.59. The molecule has 4 nitrogen and oxygen atoms in total. The number of carbonyl (C=O) groups is 2. The van der Waals surface area contributed by atoms with Crippen molar-refractivity contribution in [1.82, 2.24) is 10.2 Å². The van der Waals surface area contributed by atoms with Crippen molar-refractivity contribution in [2.75, 3.05) is 26.7 Å². The third-order valence-corrected chi connectivity index (χ3v) is 2.27. The average molecular weight is 214 g/mol. The van der Waals surface area contributed by atoms with Crippen molar-refractivity contribution in [3.63, 3.8) is 0 Å². The average Bonchev–Trinajstić information content (AvgIpc) is 2.23. The zero-order valence-electron chi connectivity index (χ0n) is 9.79. The number of rotatable bonds is 9. The Kier molecular flexibility index (Phi) is 9.07. The van der Waals surface area contributed by atoms with Crippen LogP contribution in [-0.2, 0) is 9.59 Å². The summed E-state index contributed by atoms with van der Waals surface area (Å²) in [5, 5.41) is 2.86. The fraction of sp³-hybridized carbons (Fsp3) is 0.818.